The molecule has 0 radical (unpaired) electrons. The molecule has 0 spiro atoms. The molecule has 2 atom stereocenters. The van der Waals surface area contributed by atoms with Crippen molar-refractivity contribution >= 4 is 29.1 Å². The van der Waals surface area contributed by atoms with Crippen molar-refractivity contribution in [3.63, 3.8) is 0 Å². The Balaban J connectivity index is 1.79. The van der Waals surface area contributed by atoms with E-state index in [1.54, 1.807) is 35.2 Å². The fourth-order valence-corrected chi connectivity index (χ4v) is 4.85. The summed E-state index contributed by atoms with van der Waals surface area (Å²) in [5.41, 5.74) is 2.26. The van der Waals surface area contributed by atoms with E-state index in [9.17, 15) is 14.7 Å². The van der Waals surface area contributed by atoms with Crippen molar-refractivity contribution in [2.24, 2.45) is 0 Å². The average Bonchev–Trinajstić information content (AvgIpc) is 3.30. The first-order valence-corrected chi connectivity index (χ1v) is 11.8. The van der Waals surface area contributed by atoms with Crippen molar-refractivity contribution < 1.29 is 19.4 Å². The van der Waals surface area contributed by atoms with Crippen LogP contribution in [0.5, 0.6) is 5.75 Å². The van der Waals surface area contributed by atoms with E-state index in [-0.39, 0.29) is 17.4 Å². The number of hydrogen-bond donors (Lipinski definition) is 1. The van der Waals surface area contributed by atoms with Gasteiger partial charge in [-0.2, -0.15) is 0 Å². The summed E-state index contributed by atoms with van der Waals surface area (Å²) in [6.07, 6.45) is 0.793. The zero-order chi connectivity index (χ0) is 23.7. The van der Waals surface area contributed by atoms with Gasteiger partial charge in [-0.05, 0) is 61.5 Å². The molecule has 7 heteroatoms. The van der Waals surface area contributed by atoms with Crippen LogP contribution >= 0.6 is 11.6 Å². The standard InChI is InChI=1S/C26H29ClN2O4/c1-4-28(5-2)11-12-29-23(17-7-6-8-20(27)15-17)22(25(31)26(29)32)24(30)18-9-10-21-19(14-18)13-16(3)33-21/h6-10,14-16,23,30H,4-5,11-13H2,1-3H3/b24-22+/t16-,23-/m1/s1. The quantitative estimate of drug-likeness (QED) is 0.370. The number of carbonyl (C=O) groups excluding carboxylic acids is 2. The lowest BCUT2D eigenvalue weighted by molar-refractivity contribution is -0.140. The minimum absolute atomic E-state index is 0.0644. The molecule has 1 amide bonds. The van der Waals surface area contributed by atoms with Crippen LogP contribution in [0, 0.1) is 0 Å². The largest absolute Gasteiger partial charge is 0.507 e. The first-order valence-electron chi connectivity index (χ1n) is 11.4. The van der Waals surface area contributed by atoms with Crippen LogP contribution < -0.4 is 4.74 Å². The molecule has 1 saturated heterocycles. The lowest BCUT2D eigenvalue weighted by Crippen LogP contribution is -2.38. The SMILES string of the molecule is CCN(CC)CCN1C(=O)C(=O)/C(=C(/O)c2ccc3c(c2)C[C@@H](C)O3)[C@H]1c1cccc(Cl)c1. The number of carbonyl (C=O) groups is 2. The second kappa shape index (κ2) is 9.57. The van der Waals surface area contributed by atoms with Gasteiger partial charge in [0.2, 0.25) is 0 Å². The summed E-state index contributed by atoms with van der Waals surface area (Å²) in [5.74, 6) is -0.676. The van der Waals surface area contributed by atoms with Gasteiger partial charge < -0.3 is 19.6 Å². The maximum atomic E-state index is 13.2. The van der Waals surface area contributed by atoms with Crippen molar-refractivity contribution in [3.05, 3.63) is 69.8 Å². The lowest BCUT2D eigenvalue weighted by Gasteiger charge is -2.28. The second-order valence-electron chi connectivity index (χ2n) is 8.53. The maximum Gasteiger partial charge on any atom is 0.295 e. The monoisotopic (exact) mass is 468 g/mol. The van der Waals surface area contributed by atoms with Gasteiger partial charge in [0.15, 0.2) is 0 Å². The van der Waals surface area contributed by atoms with E-state index < -0.39 is 17.7 Å². The summed E-state index contributed by atoms with van der Waals surface area (Å²) >= 11 is 6.25. The van der Waals surface area contributed by atoms with Gasteiger partial charge in [-0.3, -0.25) is 9.59 Å². The first kappa shape index (κ1) is 23.3. The van der Waals surface area contributed by atoms with E-state index in [0.29, 0.717) is 29.2 Å². The van der Waals surface area contributed by atoms with Crippen LogP contribution in [0.3, 0.4) is 0 Å². The van der Waals surface area contributed by atoms with Crippen molar-refractivity contribution in [3.8, 4) is 5.75 Å². The Morgan fingerprint density at radius 1 is 1.18 bits per heavy atom. The number of rotatable bonds is 7. The Morgan fingerprint density at radius 2 is 1.94 bits per heavy atom. The van der Waals surface area contributed by atoms with Crippen molar-refractivity contribution in [2.75, 3.05) is 26.2 Å². The minimum Gasteiger partial charge on any atom is -0.507 e. The van der Waals surface area contributed by atoms with Gasteiger partial charge in [0.05, 0.1) is 11.6 Å². The maximum absolute atomic E-state index is 13.2. The van der Waals surface area contributed by atoms with E-state index in [2.05, 4.69) is 18.7 Å². The molecule has 0 aromatic heterocycles. The Hall–Kier alpha value is -2.83. The van der Waals surface area contributed by atoms with E-state index in [1.165, 1.54) is 0 Å². The number of hydrogen-bond acceptors (Lipinski definition) is 5. The summed E-state index contributed by atoms with van der Waals surface area (Å²) in [4.78, 5) is 30.0. The average molecular weight is 469 g/mol. The molecule has 6 nitrogen and oxygen atoms in total. The highest BCUT2D eigenvalue weighted by molar-refractivity contribution is 6.46. The molecule has 1 N–H and O–H groups in total. The van der Waals surface area contributed by atoms with Gasteiger partial charge in [-0.1, -0.05) is 37.6 Å². The van der Waals surface area contributed by atoms with E-state index >= 15 is 0 Å². The fraction of sp³-hybridized carbons (Fsp3) is 0.385. The van der Waals surface area contributed by atoms with Gasteiger partial charge in [-0.25, -0.2) is 0 Å². The van der Waals surface area contributed by atoms with Crippen molar-refractivity contribution in [2.45, 2.75) is 39.3 Å². The first-order chi connectivity index (χ1) is 15.8. The molecule has 1 fully saturated rings. The molecule has 174 valence electrons. The van der Waals surface area contributed by atoms with Crippen LogP contribution in [0.2, 0.25) is 5.02 Å². The third-order valence-corrected chi connectivity index (χ3v) is 6.66. The van der Waals surface area contributed by atoms with Crippen LogP contribution in [0.4, 0.5) is 0 Å². The summed E-state index contributed by atoms with van der Waals surface area (Å²) in [6, 6.07) is 11.8. The molecule has 2 aromatic rings. The molecule has 33 heavy (non-hydrogen) atoms. The number of nitrogens with zero attached hydrogens (tertiary/aromatic N) is 2. The molecule has 2 aliphatic heterocycles. The Labute approximate surface area is 199 Å². The molecule has 2 aliphatic rings. The number of likely N-dealkylation sites (N-methyl/N-ethyl adjacent to an activating group) is 1. The number of Topliss-reactive ketones (excluding diaryl/α,β-unsaturated/α-hetero) is 1. The topological polar surface area (TPSA) is 70.1 Å². The number of benzene rings is 2. The third-order valence-electron chi connectivity index (χ3n) is 6.43. The summed E-state index contributed by atoms with van der Waals surface area (Å²) in [6.45, 7) is 8.80. The molecule has 2 aromatic carbocycles. The van der Waals surface area contributed by atoms with Crippen molar-refractivity contribution in [1.82, 2.24) is 9.80 Å². The van der Waals surface area contributed by atoms with E-state index in [1.807, 2.05) is 19.1 Å². The molecule has 0 unspecified atom stereocenters. The number of ketones is 1. The number of fused-ring (bicyclic) bond motifs is 1. The predicted octanol–water partition coefficient (Wildman–Crippen LogP) is 4.43. The number of ether oxygens (including phenoxy) is 1. The molecule has 0 saturated carbocycles. The van der Waals surface area contributed by atoms with Crippen LogP contribution in [0.25, 0.3) is 5.76 Å². The summed E-state index contributed by atoms with van der Waals surface area (Å²) < 4.78 is 5.76. The van der Waals surface area contributed by atoms with Gasteiger partial charge in [-0.15, -0.1) is 0 Å². The van der Waals surface area contributed by atoms with Crippen LogP contribution in [0.1, 0.15) is 43.5 Å². The van der Waals surface area contributed by atoms with Gasteiger partial charge in [0, 0.05) is 30.1 Å². The number of likely N-dealkylation sites (tertiary alicyclic amines) is 1. The highest BCUT2D eigenvalue weighted by atomic mass is 35.5. The smallest absolute Gasteiger partial charge is 0.295 e. The molecular formula is C26H29ClN2O4. The highest BCUT2D eigenvalue weighted by Crippen LogP contribution is 2.41. The summed E-state index contributed by atoms with van der Waals surface area (Å²) in [5, 5.41) is 11.8. The predicted molar refractivity (Wildman–Crippen MR) is 128 cm³/mol. The molecule has 4 rings (SSSR count). The zero-order valence-corrected chi connectivity index (χ0v) is 19.9. The highest BCUT2D eigenvalue weighted by Gasteiger charge is 2.46. The molecule has 2 heterocycles. The molecular weight excluding hydrogens is 440 g/mol. The van der Waals surface area contributed by atoms with E-state index in [4.69, 9.17) is 16.3 Å². The Kier molecular flexibility index (Phi) is 6.77. The number of aliphatic hydroxyl groups excluding tert-OH is 1. The third kappa shape index (κ3) is 4.50. The molecule has 0 bridgehead atoms. The minimum atomic E-state index is -0.706. The van der Waals surface area contributed by atoms with Gasteiger partial charge in [0.1, 0.15) is 17.6 Å². The van der Waals surface area contributed by atoms with Crippen LogP contribution in [0.15, 0.2) is 48.0 Å². The second-order valence-corrected chi connectivity index (χ2v) is 8.97. The van der Waals surface area contributed by atoms with E-state index in [0.717, 1.165) is 30.8 Å². The summed E-state index contributed by atoms with van der Waals surface area (Å²) in [7, 11) is 0. The Morgan fingerprint density at radius 3 is 2.64 bits per heavy atom. The van der Waals surface area contributed by atoms with Gasteiger partial charge >= 0.3 is 0 Å². The lowest BCUT2D eigenvalue weighted by atomic mass is 9.94. The number of halogens is 1. The van der Waals surface area contributed by atoms with Gasteiger partial charge in [0.25, 0.3) is 11.7 Å². The fourth-order valence-electron chi connectivity index (χ4n) is 4.65. The van der Waals surface area contributed by atoms with Crippen LogP contribution in [-0.4, -0.2) is 58.9 Å². The number of amides is 1. The van der Waals surface area contributed by atoms with Crippen molar-refractivity contribution in [1.29, 1.82) is 0 Å². The molecule has 0 aliphatic carbocycles. The normalized spacial score (nSPS) is 21.5. The Bertz CT molecular complexity index is 1110. The number of aliphatic hydroxyl groups is 1. The zero-order valence-electron chi connectivity index (χ0n) is 19.2. The van der Waals surface area contributed by atoms with Crippen LogP contribution in [-0.2, 0) is 16.0 Å².